The normalized spacial score (nSPS) is 26.4. The predicted octanol–water partition coefficient (Wildman–Crippen LogP) is 6.38. The number of amides is 2. The number of hydrogen-bond acceptors (Lipinski definition) is 8. The molecule has 1 N–H and O–H groups in total. The van der Waals surface area contributed by atoms with E-state index in [1.54, 1.807) is 17.1 Å². The minimum absolute atomic E-state index is 0.0149. The number of ether oxygens (including phenoxy) is 1. The zero-order valence-electron chi connectivity index (χ0n) is 25.2. The smallest absolute Gasteiger partial charge is 0.410 e. The highest BCUT2D eigenvalue weighted by Gasteiger charge is 2.66. The third kappa shape index (κ3) is 6.04. The lowest BCUT2D eigenvalue weighted by Crippen LogP contribution is -2.67. The molecular formula is C30H41N3O6S2Si. The van der Waals surface area contributed by atoms with E-state index in [4.69, 9.17) is 14.1 Å². The van der Waals surface area contributed by atoms with Crippen molar-refractivity contribution >= 4 is 55.0 Å². The van der Waals surface area contributed by atoms with Gasteiger partial charge in [0, 0.05) is 28.3 Å². The third-order valence-electron chi connectivity index (χ3n) is 8.05. The van der Waals surface area contributed by atoms with Crippen LogP contribution in [-0.4, -0.2) is 77.5 Å². The van der Waals surface area contributed by atoms with Gasteiger partial charge in [0.15, 0.2) is 12.7 Å². The number of β-lactam (4-membered cyclic amide) rings is 1. The number of aliphatic carboxylic acids is 1. The van der Waals surface area contributed by atoms with Crippen LogP contribution in [0.15, 0.2) is 51.7 Å². The van der Waals surface area contributed by atoms with Crippen molar-refractivity contribution in [3.63, 3.8) is 0 Å². The van der Waals surface area contributed by atoms with Gasteiger partial charge in [-0.05, 0) is 51.4 Å². The van der Waals surface area contributed by atoms with Crippen LogP contribution in [0.2, 0.25) is 19.6 Å². The third-order valence-corrected chi connectivity index (χ3v) is 11.4. The van der Waals surface area contributed by atoms with E-state index < -0.39 is 25.6 Å². The topological polar surface area (TPSA) is 109 Å². The molecule has 0 aromatic carbocycles. The van der Waals surface area contributed by atoms with Crippen LogP contribution in [-0.2, 0) is 18.8 Å². The zero-order valence-corrected chi connectivity index (χ0v) is 27.8. The number of carbonyl (C=O) groups excluding carboxylic acids is 2. The Bertz CT molecular complexity index is 1330. The molecule has 0 spiro atoms. The summed E-state index contributed by atoms with van der Waals surface area (Å²) in [6.07, 6.45) is 6.59. The van der Waals surface area contributed by atoms with Crippen LogP contribution in [0, 0.1) is 11.3 Å². The minimum Gasteiger partial charge on any atom is -0.477 e. The molecule has 1 fully saturated rings. The average molecular weight is 632 g/mol. The Labute approximate surface area is 257 Å². The summed E-state index contributed by atoms with van der Waals surface area (Å²) in [5, 5.41) is 12.3. The second-order valence-electron chi connectivity index (χ2n) is 12.1. The maximum atomic E-state index is 13.4. The molecule has 4 heterocycles. The van der Waals surface area contributed by atoms with Gasteiger partial charge in [-0.3, -0.25) is 4.79 Å². The van der Waals surface area contributed by atoms with Gasteiger partial charge in [0.25, 0.3) is 0 Å². The molecule has 1 aromatic heterocycles. The number of thioether (sulfide) groups is 1. The molecule has 0 bridgehead atoms. The van der Waals surface area contributed by atoms with E-state index in [9.17, 15) is 19.5 Å². The van der Waals surface area contributed by atoms with Gasteiger partial charge < -0.3 is 24.1 Å². The minimum atomic E-state index is -1.93. The molecule has 0 unspecified atom stereocenters. The zero-order chi connectivity index (χ0) is 31.0. The Morgan fingerprint density at radius 3 is 2.64 bits per heavy atom. The number of hydrogen-bond donors (Lipinski definition) is 1. The molecule has 42 heavy (non-hydrogen) atoms. The predicted molar refractivity (Wildman–Crippen MR) is 168 cm³/mol. The largest absolute Gasteiger partial charge is 0.477 e. The van der Waals surface area contributed by atoms with E-state index >= 15 is 0 Å². The number of carbonyl (C=O) groups is 3. The van der Waals surface area contributed by atoms with E-state index in [1.165, 1.54) is 28.0 Å². The average Bonchev–Trinajstić information content (AvgIpc) is 3.46. The maximum Gasteiger partial charge on any atom is 0.410 e. The summed E-state index contributed by atoms with van der Waals surface area (Å²) < 4.78 is 12.3. The van der Waals surface area contributed by atoms with Crippen molar-refractivity contribution in [2.24, 2.45) is 11.3 Å². The first kappa shape index (κ1) is 32.2. The molecule has 0 aliphatic carbocycles. The molecule has 3 aliphatic rings. The van der Waals surface area contributed by atoms with Crippen molar-refractivity contribution in [3.8, 4) is 0 Å². The molecule has 2 amide bonds. The van der Waals surface area contributed by atoms with Gasteiger partial charge in [-0.2, -0.15) is 0 Å². The number of nitrogens with zero attached hydrogens (tertiary/aromatic N) is 3. The molecule has 4 rings (SSSR count). The van der Waals surface area contributed by atoms with Gasteiger partial charge in [-0.25, -0.2) is 14.6 Å². The van der Waals surface area contributed by atoms with Gasteiger partial charge in [0.2, 0.25) is 5.91 Å². The fourth-order valence-electron chi connectivity index (χ4n) is 6.28. The number of carboxylic acid groups (broad SMARTS) is 1. The van der Waals surface area contributed by atoms with E-state index in [2.05, 4.69) is 32.8 Å². The lowest BCUT2D eigenvalue weighted by atomic mass is 9.68. The molecule has 9 nitrogen and oxygen atoms in total. The van der Waals surface area contributed by atoms with E-state index in [0.29, 0.717) is 28.6 Å². The Hall–Kier alpha value is -2.67. The van der Waals surface area contributed by atoms with Gasteiger partial charge in [-0.1, -0.05) is 50.4 Å². The summed E-state index contributed by atoms with van der Waals surface area (Å²) in [6, 6.07) is -0.348. The summed E-state index contributed by atoms with van der Waals surface area (Å²) in [7, 11) is -1.93. The number of allylic oxidation sites excluding steroid dienone is 1. The van der Waals surface area contributed by atoms with Crippen molar-refractivity contribution in [3.05, 3.63) is 53.1 Å². The highest BCUT2D eigenvalue weighted by Crippen LogP contribution is 2.60. The highest BCUT2D eigenvalue weighted by atomic mass is 32.2. The fourth-order valence-corrected chi connectivity index (χ4v) is 9.73. The Kier molecular flexibility index (Phi) is 9.61. The van der Waals surface area contributed by atoms with Crippen molar-refractivity contribution in [1.29, 1.82) is 0 Å². The van der Waals surface area contributed by atoms with E-state index in [0.717, 1.165) is 17.7 Å². The summed E-state index contributed by atoms with van der Waals surface area (Å²) in [6.45, 7) is 20.4. The quantitative estimate of drug-likeness (QED) is 0.161. The molecule has 3 aliphatic heterocycles. The van der Waals surface area contributed by atoms with E-state index in [-0.39, 0.29) is 42.5 Å². The molecule has 0 radical (unpaired) electrons. The number of rotatable bonds is 12. The molecule has 0 saturated carbocycles. The van der Waals surface area contributed by atoms with E-state index in [1.807, 2.05) is 32.2 Å². The van der Waals surface area contributed by atoms with Crippen LogP contribution in [0.1, 0.15) is 45.7 Å². The Balaban J connectivity index is 1.61. The van der Waals surface area contributed by atoms with Gasteiger partial charge in [-0.15, -0.1) is 17.9 Å². The first-order valence-electron chi connectivity index (χ1n) is 14.2. The number of thiazole rings is 1. The second kappa shape index (κ2) is 12.5. The lowest BCUT2D eigenvalue weighted by Gasteiger charge is -2.52. The van der Waals surface area contributed by atoms with Crippen LogP contribution in [0.25, 0.3) is 5.57 Å². The second-order valence-corrected chi connectivity index (χ2v) is 18.7. The Morgan fingerprint density at radius 2 is 2.05 bits per heavy atom. The number of aromatic nitrogens is 1. The summed E-state index contributed by atoms with van der Waals surface area (Å²) in [5.74, 6) is -1.76. The van der Waals surface area contributed by atoms with Crippen LogP contribution in [0.5, 0.6) is 0 Å². The first-order valence-corrected chi connectivity index (χ1v) is 19.3. The van der Waals surface area contributed by atoms with Crippen molar-refractivity contribution in [2.75, 3.05) is 13.2 Å². The van der Waals surface area contributed by atoms with Crippen LogP contribution >= 0.6 is 23.1 Å². The van der Waals surface area contributed by atoms with Gasteiger partial charge >= 0.3 is 12.1 Å². The van der Waals surface area contributed by atoms with Crippen molar-refractivity contribution < 1.29 is 28.7 Å². The maximum absolute atomic E-state index is 13.4. The van der Waals surface area contributed by atoms with Crippen molar-refractivity contribution in [1.82, 2.24) is 14.8 Å². The molecular weight excluding hydrogens is 591 g/mol. The molecule has 5 atom stereocenters. The van der Waals surface area contributed by atoms with Crippen LogP contribution in [0.3, 0.4) is 0 Å². The molecule has 12 heteroatoms. The van der Waals surface area contributed by atoms with Crippen LogP contribution < -0.4 is 0 Å². The molecule has 228 valence electrons. The monoisotopic (exact) mass is 631 g/mol. The lowest BCUT2D eigenvalue weighted by molar-refractivity contribution is -0.165. The summed E-state index contributed by atoms with van der Waals surface area (Å²) in [5.41, 5.74) is 1.24. The summed E-state index contributed by atoms with van der Waals surface area (Å²) in [4.78, 5) is 47.3. The molecule has 1 saturated heterocycles. The fraction of sp³-hybridized carbons (Fsp3) is 0.533. The van der Waals surface area contributed by atoms with Crippen LogP contribution in [0.4, 0.5) is 4.79 Å². The SMILES string of the molecule is C=CCOC(=O)N1CC=C(c2csc(SC3=C(C(=O)O)N4C(=O)[C@H]([C@@H](C)O[Si](C)(C)C)[C@H]4[C@@]3(C)CC=C)n2)C[C@H]1CC. The van der Waals surface area contributed by atoms with Gasteiger partial charge in [0.1, 0.15) is 12.3 Å². The Morgan fingerprint density at radius 1 is 1.33 bits per heavy atom. The molecule has 1 aromatic rings. The standard InChI is InChI=1S/C30H41N3O6S2Si/c1-9-13-30(5)24-22(18(4)39-42(6,7)8)26(34)33(24)23(27(35)36)25(30)41-28-31-21(17-40-28)19-12-14-32(20(11-3)16-19)29(37)38-15-10-2/h9-10,12,17-18,20,22,24H,1-2,11,13-16H2,3-8H3,(H,35,36)/t18-,20-,22-,24+,30-/m1/s1. The first-order chi connectivity index (χ1) is 19.8. The van der Waals surface area contributed by atoms with Crippen molar-refractivity contribution in [2.45, 2.75) is 82.2 Å². The number of fused-ring (bicyclic) bond motifs is 1. The number of carboxylic acids is 1. The van der Waals surface area contributed by atoms with Gasteiger partial charge in [0.05, 0.1) is 23.8 Å². The summed E-state index contributed by atoms with van der Waals surface area (Å²) >= 11 is 2.78. The highest BCUT2D eigenvalue weighted by molar-refractivity contribution is 8.04.